The molecule has 3 aliphatic rings. The Morgan fingerprint density at radius 1 is 1.16 bits per heavy atom. The smallest absolute Gasteiger partial charge is 0.352 e. The molecule has 4 heterocycles. The largest absolute Gasteiger partial charge is 0.477 e. The van der Waals surface area contributed by atoms with Crippen molar-refractivity contribution in [2.24, 2.45) is 16.9 Å². The van der Waals surface area contributed by atoms with E-state index in [0.717, 1.165) is 9.98 Å². The summed E-state index contributed by atoms with van der Waals surface area (Å²) < 4.78 is 32.9. The van der Waals surface area contributed by atoms with Crippen LogP contribution in [0.5, 0.6) is 0 Å². The maximum absolute atomic E-state index is 14.0. The van der Waals surface area contributed by atoms with E-state index in [9.17, 15) is 33.3 Å². The first-order chi connectivity index (χ1) is 21.0. The third kappa shape index (κ3) is 4.90. The molecule has 6 rings (SSSR count). The number of rotatable bonds is 10. The highest BCUT2D eigenvalue weighted by atomic mass is 32.2. The van der Waals surface area contributed by atoms with Crippen molar-refractivity contribution in [3.63, 3.8) is 0 Å². The summed E-state index contributed by atoms with van der Waals surface area (Å²) >= 11 is 0. The molecule has 0 aliphatic carbocycles. The Kier molecular flexibility index (Phi) is 7.64. The number of aliphatic hydroxyl groups excluding tert-OH is 2. The molecule has 0 spiro atoms. The van der Waals surface area contributed by atoms with Crippen LogP contribution >= 0.6 is 0 Å². The van der Waals surface area contributed by atoms with Gasteiger partial charge in [0.2, 0.25) is 12.2 Å². The topological polar surface area (TPSA) is 157 Å². The molecule has 1 amide bonds. The van der Waals surface area contributed by atoms with E-state index in [1.54, 1.807) is 19.1 Å². The molecule has 230 valence electrons. The number of aliphatic hydroxyl groups is 2. The second-order valence-electron chi connectivity index (χ2n) is 11.4. The molecule has 3 aromatic rings. The molecular weight excluding hydrogens is 586 g/mol. The average molecular weight is 621 g/mol. The minimum atomic E-state index is -4.19. The highest BCUT2D eigenvalue weighted by molar-refractivity contribution is 7.89. The van der Waals surface area contributed by atoms with Crippen molar-refractivity contribution in [1.82, 2.24) is 13.9 Å². The monoisotopic (exact) mass is 620 g/mol. The Hall–Kier alpha value is -4.33. The molecular formula is C31H34N5O7S+. The van der Waals surface area contributed by atoms with Crippen LogP contribution in [0.25, 0.3) is 0 Å². The summed E-state index contributed by atoms with van der Waals surface area (Å²) in [5.74, 6) is -3.08. The fourth-order valence-electron chi connectivity index (χ4n) is 6.48. The number of carbonyl (C=O) groups excluding carboxylic acids is 1. The van der Waals surface area contributed by atoms with Crippen molar-refractivity contribution in [3.05, 3.63) is 95.2 Å². The summed E-state index contributed by atoms with van der Waals surface area (Å²) in [7, 11) is -4.19. The van der Waals surface area contributed by atoms with E-state index in [1.165, 1.54) is 11.8 Å². The number of aromatic nitrogens is 2. The summed E-state index contributed by atoms with van der Waals surface area (Å²) in [6.45, 7) is 4.07. The molecule has 1 aromatic heterocycles. The van der Waals surface area contributed by atoms with Gasteiger partial charge in [-0.3, -0.25) is 4.79 Å². The SMILES string of the molecule is C[C@@H](O)[C@H]1C(=O)N2C(C(=O)O)=C(CN3N=C(c4ccccc4)c4cc(CCn5cc[n+](CCO)c5)ccc4S3(=O)=O)[C@H](C)[C@H]12. The second-order valence-corrected chi connectivity index (χ2v) is 13.2. The number of hydrogen-bond donors (Lipinski definition) is 3. The molecule has 1 fully saturated rings. The summed E-state index contributed by atoms with van der Waals surface area (Å²) in [5, 5.41) is 34.1. The van der Waals surface area contributed by atoms with Crippen molar-refractivity contribution in [3.8, 4) is 0 Å². The summed E-state index contributed by atoms with van der Waals surface area (Å²) in [5.41, 5.74) is 2.51. The number of β-lactam (4-membered cyclic amide) rings is 1. The first-order valence-corrected chi connectivity index (χ1v) is 15.9. The van der Waals surface area contributed by atoms with Gasteiger partial charge in [-0.2, -0.15) is 17.9 Å². The summed E-state index contributed by atoms with van der Waals surface area (Å²) in [6.07, 6.45) is 5.34. The highest BCUT2D eigenvalue weighted by Crippen LogP contribution is 2.47. The molecule has 12 nitrogen and oxygen atoms in total. The highest BCUT2D eigenvalue weighted by Gasteiger charge is 2.60. The van der Waals surface area contributed by atoms with Gasteiger partial charge in [-0.1, -0.05) is 43.3 Å². The zero-order valence-electron chi connectivity index (χ0n) is 24.3. The normalized spacial score (nSPS) is 22.8. The Morgan fingerprint density at radius 3 is 2.59 bits per heavy atom. The maximum atomic E-state index is 14.0. The van der Waals surface area contributed by atoms with Gasteiger partial charge in [0.05, 0.1) is 42.7 Å². The minimum Gasteiger partial charge on any atom is -0.477 e. The minimum absolute atomic E-state index is 0.0414. The molecule has 13 heteroatoms. The number of hydrazone groups is 1. The first kappa shape index (κ1) is 29.7. The maximum Gasteiger partial charge on any atom is 0.352 e. The lowest BCUT2D eigenvalue weighted by molar-refractivity contribution is -0.697. The van der Waals surface area contributed by atoms with Gasteiger partial charge in [-0.15, -0.1) is 0 Å². The Morgan fingerprint density at radius 2 is 1.91 bits per heavy atom. The van der Waals surface area contributed by atoms with E-state index in [1.807, 2.05) is 64.3 Å². The number of hydrogen-bond acceptors (Lipinski definition) is 7. The van der Waals surface area contributed by atoms with Gasteiger partial charge in [0.1, 0.15) is 30.3 Å². The number of sulfonamides is 1. The number of amides is 1. The fourth-order valence-corrected chi connectivity index (χ4v) is 7.88. The average Bonchev–Trinajstić information content (AvgIpc) is 3.53. The molecule has 4 atom stereocenters. The second kappa shape index (κ2) is 11.3. The molecule has 0 saturated carbocycles. The van der Waals surface area contributed by atoms with Crippen LogP contribution < -0.4 is 4.57 Å². The zero-order chi connectivity index (χ0) is 31.3. The van der Waals surface area contributed by atoms with Gasteiger partial charge < -0.3 is 20.2 Å². The van der Waals surface area contributed by atoms with Gasteiger partial charge in [0.15, 0.2) is 0 Å². The van der Waals surface area contributed by atoms with Gasteiger partial charge in [-0.25, -0.2) is 13.9 Å². The predicted octanol–water partition coefficient (Wildman–Crippen LogP) is 0.964. The Balaban J connectivity index is 1.37. The quantitative estimate of drug-likeness (QED) is 0.225. The van der Waals surface area contributed by atoms with Crippen molar-refractivity contribution >= 4 is 27.6 Å². The number of fused-ring (bicyclic) bond motifs is 2. The van der Waals surface area contributed by atoms with Crippen LogP contribution in [-0.2, 0) is 39.1 Å². The zero-order valence-corrected chi connectivity index (χ0v) is 25.1. The van der Waals surface area contributed by atoms with Crippen LogP contribution in [0.1, 0.15) is 30.5 Å². The lowest BCUT2D eigenvalue weighted by Gasteiger charge is -2.46. The molecule has 3 N–H and O–H groups in total. The third-order valence-corrected chi connectivity index (χ3v) is 10.4. The molecule has 0 unspecified atom stereocenters. The standard InChI is InChI=1S/C31H33N5O7S/c1-19-24(29(31(40)41)36-28(19)26(20(2)38)30(36)39)17-35-32-27(22-6-4-3-5-7-22)23-16-21(8-9-25(23)44(35,42)43)10-11-33-12-13-34(18-33)14-15-37/h3-9,12-13,16,18-20,26,28,37-38H,10-11,14-15,17H2,1-2H3/p+1/t19-,20+,26+,28+/m0/s1. The van der Waals surface area contributed by atoms with Crippen molar-refractivity contribution in [1.29, 1.82) is 0 Å². The van der Waals surface area contributed by atoms with Crippen molar-refractivity contribution in [2.75, 3.05) is 13.2 Å². The number of carboxylic acids is 1. The van der Waals surface area contributed by atoms with E-state index in [4.69, 9.17) is 0 Å². The Labute approximate surface area is 254 Å². The van der Waals surface area contributed by atoms with Crippen molar-refractivity contribution < 1.29 is 37.9 Å². The van der Waals surface area contributed by atoms with Crippen LogP contribution in [0.15, 0.2) is 88.5 Å². The van der Waals surface area contributed by atoms with Crippen LogP contribution in [-0.4, -0.2) is 80.5 Å². The molecule has 1 saturated heterocycles. The lowest BCUT2D eigenvalue weighted by atomic mass is 9.78. The number of carboxylic acid groups (broad SMARTS) is 1. The van der Waals surface area contributed by atoms with Crippen LogP contribution in [0.2, 0.25) is 0 Å². The van der Waals surface area contributed by atoms with Gasteiger partial charge >= 0.3 is 5.97 Å². The molecule has 2 aromatic carbocycles. The number of aliphatic carboxylic acids is 1. The number of imidazole rings is 1. The molecule has 0 bridgehead atoms. The fraction of sp³-hybridized carbons (Fsp3) is 0.355. The molecule has 3 aliphatic heterocycles. The first-order valence-electron chi connectivity index (χ1n) is 14.5. The lowest BCUT2D eigenvalue weighted by Crippen LogP contribution is -2.63. The number of carbonyl (C=O) groups is 2. The molecule has 0 radical (unpaired) electrons. The van der Waals surface area contributed by atoms with Gasteiger partial charge in [0.25, 0.3) is 10.0 Å². The molecule has 44 heavy (non-hydrogen) atoms. The van der Waals surface area contributed by atoms with Gasteiger partial charge in [-0.05, 0) is 30.2 Å². The van der Waals surface area contributed by atoms with Crippen LogP contribution in [0, 0.1) is 11.8 Å². The predicted molar refractivity (Wildman–Crippen MR) is 157 cm³/mol. The third-order valence-electron chi connectivity index (χ3n) is 8.70. The Bertz CT molecular complexity index is 1800. The number of benzene rings is 2. The summed E-state index contributed by atoms with van der Waals surface area (Å²) in [6, 6.07) is 13.8. The summed E-state index contributed by atoms with van der Waals surface area (Å²) in [4.78, 5) is 26.4. The van der Waals surface area contributed by atoms with Crippen molar-refractivity contribution in [2.45, 2.75) is 50.4 Å². The van der Waals surface area contributed by atoms with E-state index in [2.05, 4.69) is 5.10 Å². The van der Waals surface area contributed by atoms with E-state index >= 15 is 0 Å². The number of aryl methyl sites for hydroxylation is 2. The van der Waals surface area contributed by atoms with E-state index < -0.39 is 45.9 Å². The van der Waals surface area contributed by atoms with Gasteiger partial charge in [0, 0.05) is 23.5 Å². The van der Waals surface area contributed by atoms with E-state index in [-0.39, 0.29) is 29.3 Å². The number of nitrogens with zero attached hydrogens (tertiary/aromatic N) is 5. The van der Waals surface area contributed by atoms with Crippen LogP contribution in [0.3, 0.4) is 0 Å². The van der Waals surface area contributed by atoms with E-state index in [0.29, 0.717) is 36.3 Å². The van der Waals surface area contributed by atoms with Crippen LogP contribution in [0.4, 0.5) is 0 Å².